The minimum absolute atomic E-state index is 0.0282. The molecule has 31 heavy (non-hydrogen) atoms. The average molecular weight is 437 g/mol. The number of para-hydroxylation sites is 1. The molecule has 2 heterocycles. The van der Waals surface area contributed by atoms with Crippen LogP contribution in [-0.4, -0.2) is 35.4 Å². The van der Waals surface area contributed by atoms with Crippen molar-refractivity contribution in [3.8, 4) is 5.75 Å². The Hall–Kier alpha value is -3.10. The van der Waals surface area contributed by atoms with Gasteiger partial charge in [0.1, 0.15) is 0 Å². The molecule has 2 N–H and O–H groups in total. The van der Waals surface area contributed by atoms with Crippen molar-refractivity contribution in [1.82, 2.24) is 4.98 Å². The first-order valence-corrected chi connectivity index (χ1v) is 9.80. The molecule has 0 saturated carbocycles. The molecule has 1 fully saturated rings. The fourth-order valence-electron chi connectivity index (χ4n) is 3.87. The summed E-state index contributed by atoms with van der Waals surface area (Å²) in [6.45, 7) is 1.28. The lowest BCUT2D eigenvalue weighted by molar-refractivity contribution is -0.289. The van der Waals surface area contributed by atoms with E-state index in [4.69, 9.17) is 0 Å². The molecule has 164 valence electrons. The van der Waals surface area contributed by atoms with Gasteiger partial charge in [0.25, 0.3) is 0 Å². The smallest absolute Gasteiger partial charge is 0.458 e. The number of aromatic hydroxyl groups is 1. The summed E-state index contributed by atoms with van der Waals surface area (Å²) in [6, 6.07) is 11.6. The molecule has 0 aliphatic carbocycles. The van der Waals surface area contributed by atoms with E-state index in [9.17, 15) is 27.1 Å². The third kappa shape index (κ3) is 4.08. The molecule has 0 atom stereocenters. The topological polar surface area (TPSA) is 48.4 Å². The standard InChI is InChI=1S/C22H20F5N3O/c23-21(24,22(25,26)27)14-5-7-15(8-6-14)29-16-9-11-30(12-10-16)20-17-3-1-2-4-18(17)28-13-19(20)31/h1-8,13,16,29,31H,9-12H2. The second-order valence-corrected chi connectivity index (χ2v) is 7.56. The predicted molar refractivity (Wildman–Crippen MR) is 109 cm³/mol. The third-order valence-corrected chi connectivity index (χ3v) is 5.51. The molecule has 0 bridgehead atoms. The molecular formula is C22H20F5N3O. The van der Waals surface area contributed by atoms with Crippen LogP contribution in [-0.2, 0) is 5.92 Å². The highest BCUT2D eigenvalue weighted by molar-refractivity contribution is 5.94. The van der Waals surface area contributed by atoms with Gasteiger partial charge in [0, 0.05) is 35.8 Å². The van der Waals surface area contributed by atoms with Gasteiger partial charge in [-0.1, -0.05) is 30.3 Å². The zero-order valence-corrected chi connectivity index (χ0v) is 16.3. The van der Waals surface area contributed by atoms with Gasteiger partial charge in [-0.2, -0.15) is 22.0 Å². The van der Waals surface area contributed by atoms with Gasteiger partial charge in [-0.3, -0.25) is 4.98 Å². The summed E-state index contributed by atoms with van der Waals surface area (Å²) >= 11 is 0. The number of benzene rings is 2. The minimum atomic E-state index is -5.63. The van der Waals surface area contributed by atoms with Crippen molar-refractivity contribution in [3.63, 3.8) is 0 Å². The molecule has 4 rings (SSSR count). The Balaban J connectivity index is 1.42. The number of hydrogen-bond donors (Lipinski definition) is 2. The van der Waals surface area contributed by atoms with Crippen LogP contribution in [0.1, 0.15) is 18.4 Å². The van der Waals surface area contributed by atoms with E-state index in [1.54, 1.807) is 0 Å². The lowest BCUT2D eigenvalue weighted by Gasteiger charge is -2.35. The van der Waals surface area contributed by atoms with Crippen LogP contribution in [0.3, 0.4) is 0 Å². The summed E-state index contributed by atoms with van der Waals surface area (Å²) in [5.74, 6) is -4.78. The molecule has 0 unspecified atom stereocenters. The summed E-state index contributed by atoms with van der Waals surface area (Å²) < 4.78 is 64.4. The van der Waals surface area contributed by atoms with Gasteiger partial charge in [0.05, 0.1) is 17.4 Å². The van der Waals surface area contributed by atoms with Crippen molar-refractivity contribution in [3.05, 3.63) is 60.3 Å². The number of halogens is 5. The normalized spacial score (nSPS) is 16.0. The van der Waals surface area contributed by atoms with Crippen LogP contribution in [0.2, 0.25) is 0 Å². The number of nitrogens with zero attached hydrogens (tertiary/aromatic N) is 2. The van der Waals surface area contributed by atoms with Gasteiger partial charge < -0.3 is 15.3 Å². The minimum Gasteiger partial charge on any atom is -0.504 e. The van der Waals surface area contributed by atoms with Crippen LogP contribution < -0.4 is 10.2 Å². The summed E-state index contributed by atoms with van der Waals surface area (Å²) in [4.78, 5) is 6.31. The molecule has 1 saturated heterocycles. The van der Waals surface area contributed by atoms with E-state index in [2.05, 4.69) is 15.2 Å². The molecule has 1 aliphatic rings. The highest BCUT2D eigenvalue weighted by Gasteiger charge is 2.58. The van der Waals surface area contributed by atoms with Crippen molar-refractivity contribution in [2.24, 2.45) is 0 Å². The Kier molecular flexibility index (Phi) is 5.36. The molecule has 1 aliphatic heterocycles. The van der Waals surface area contributed by atoms with Crippen LogP contribution in [0.15, 0.2) is 54.7 Å². The van der Waals surface area contributed by atoms with Gasteiger partial charge in [-0.15, -0.1) is 0 Å². The maximum absolute atomic E-state index is 13.4. The molecule has 0 amide bonds. The van der Waals surface area contributed by atoms with Crippen LogP contribution in [0, 0.1) is 0 Å². The second kappa shape index (κ2) is 7.86. The number of aromatic nitrogens is 1. The number of rotatable bonds is 4. The van der Waals surface area contributed by atoms with Crippen LogP contribution in [0.4, 0.5) is 33.3 Å². The van der Waals surface area contributed by atoms with Crippen LogP contribution >= 0.6 is 0 Å². The summed E-state index contributed by atoms with van der Waals surface area (Å²) in [7, 11) is 0. The highest BCUT2D eigenvalue weighted by Crippen LogP contribution is 2.44. The van der Waals surface area contributed by atoms with Crippen molar-refractivity contribution in [2.45, 2.75) is 31.0 Å². The predicted octanol–water partition coefficient (Wildman–Crippen LogP) is 5.68. The Morgan fingerprint density at radius 1 is 0.935 bits per heavy atom. The van der Waals surface area contributed by atoms with Crippen molar-refractivity contribution in [1.29, 1.82) is 0 Å². The molecule has 9 heteroatoms. The molecule has 0 spiro atoms. The lowest BCUT2D eigenvalue weighted by atomic mass is 10.0. The number of nitrogens with one attached hydrogen (secondary N) is 1. The van der Waals surface area contributed by atoms with E-state index in [1.165, 1.54) is 18.3 Å². The summed E-state index contributed by atoms with van der Waals surface area (Å²) in [6.07, 6.45) is -2.79. The first-order chi connectivity index (χ1) is 14.7. The monoisotopic (exact) mass is 437 g/mol. The molecular weight excluding hydrogens is 417 g/mol. The summed E-state index contributed by atoms with van der Waals surface area (Å²) in [5, 5.41) is 14.4. The number of piperidine rings is 1. The highest BCUT2D eigenvalue weighted by atomic mass is 19.4. The number of fused-ring (bicyclic) bond motifs is 1. The SMILES string of the molecule is Oc1cnc2ccccc2c1N1CCC(Nc2ccc(C(F)(F)C(F)(F)F)cc2)CC1. The fraction of sp³-hybridized carbons (Fsp3) is 0.318. The molecule has 1 aromatic heterocycles. The van der Waals surface area contributed by atoms with Gasteiger partial charge in [0.2, 0.25) is 0 Å². The van der Waals surface area contributed by atoms with E-state index in [1.807, 2.05) is 24.3 Å². The van der Waals surface area contributed by atoms with Crippen molar-refractivity contribution >= 4 is 22.3 Å². The maximum Gasteiger partial charge on any atom is 0.458 e. The Morgan fingerprint density at radius 2 is 1.58 bits per heavy atom. The maximum atomic E-state index is 13.4. The largest absolute Gasteiger partial charge is 0.504 e. The molecule has 2 aromatic carbocycles. The molecule has 3 aromatic rings. The average Bonchev–Trinajstić information content (AvgIpc) is 2.74. The molecule has 4 nitrogen and oxygen atoms in total. The number of alkyl halides is 5. The third-order valence-electron chi connectivity index (χ3n) is 5.51. The van der Waals surface area contributed by atoms with Gasteiger partial charge in [-0.05, 0) is 31.0 Å². The Morgan fingerprint density at radius 3 is 2.23 bits per heavy atom. The van der Waals surface area contributed by atoms with E-state index < -0.39 is 17.7 Å². The van der Waals surface area contributed by atoms with Crippen molar-refractivity contribution < 1.29 is 27.1 Å². The fourth-order valence-corrected chi connectivity index (χ4v) is 3.87. The van der Waals surface area contributed by atoms with Crippen LogP contribution in [0.25, 0.3) is 10.9 Å². The number of pyridine rings is 1. The first kappa shape index (κ1) is 21.1. The Labute approximate surface area is 175 Å². The first-order valence-electron chi connectivity index (χ1n) is 9.80. The van der Waals surface area contributed by atoms with Gasteiger partial charge in [-0.25, -0.2) is 0 Å². The van der Waals surface area contributed by atoms with Crippen LogP contribution in [0.5, 0.6) is 5.75 Å². The van der Waals surface area contributed by atoms with E-state index >= 15 is 0 Å². The van der Waals surface area contributed by atoms with E-state index in [0.29, 0.717) is 31.6 Å². The van der Waals surface area contributed by atoms with E-state index in [-0.39, 0.29) is 11.8 Å². The summed E-state index contributed by atoms with van der Waals surface area (Å²) in [5.41, 5.74) is 0.909. The second-order valence-electron chi connectivity index (χ2n) is 7.56. The van der Waals surface area contributed by atoms with E-state index in [0.717, 1.165) is 28.7 Å². The lowest BCUT2D eigenvalue weighted by Crippen LogP contribution is -2.39. The van der Waals surface area contributed by atoms with Gasteiger partial charge in [0.15, 0.2) is 5.75 Å². The Bertz CT molecular complexity index is 1060. The number of anilines is 2. The van der Waals surface area contributed by atoms with Gasteiger partial charge >= 0.3 is 12.1 Å². The quantitative estimate of drug-likeness (QED) is 0.516. The zero-order chi connectivity index (χ0) is 22.2. The molecule has 0 radical (unpaired) electrons. The zero-order valence-electron chi connectivity index (χ0n) is 16.3. The van der Waals surface area contributed by atoms with Crippen molar-refractivity contribution in [2.75, 3.05) is 23.3 Å². The number of hydrogen-bond acceptors (Lipinski definition) is 4.